The minimum atomic E-state index is -2.22. The standard InChI is InChI=1S/C37H59N6O5/c1-25(42-35(47)30(20-12-13-21-38)43-36(48)31(41-2)23-27-16-8-4-9-17-27)33(45)32(28-18-10-5-11-19-28)37(40,24-44)34(46)29(39)22-26-14-6-3-7-15-26/h4,8-9,16-17,25-26,28-32,41H,3,5-7,10-15,18-23,38-40H2,1-2H3,(H,42,47)(H,43,48)/t25-,29+,30-,31-,32?,37+/m0/s1. The summed E-state index contributed by atoms with van der Waals surface area (Å²) in [4.78, 5) is 67.9. The van der Waals surface area contributed by atoms with Crippen LogP contribution in [0.2, 0.25) is 0 Å². The first-order valence-electron chi connectivity index (χ1n) is 18.1. The van der Waals surface area contributed by atoms with Gasteiger partial charge in [0.1, 0.15) is 6.04 Å². The number of likely N-dealkylation sites (N-methyl/N-ethyl adjacent to an activating group) is 1. The summed E-state index contributed by atoms with van der Waals surface area (Å²) in [6.07, 6.45) is 13.4. The van der Waals surface area contributed by atoms with Gasteiger partial charge in [-0.05, 0) is 82.9 Å². The van der Waals surface area contributed by atoms with Crippen molar-refractivity contribution >= 4 is 29.7 Å². The summed E-state index contributed by atoms with van der Waals surface area (Å²) < 4.78 is 0. The molecule has 0 aliphatic heterocycles. The quantitative estimate of drug-likeness (QED) is 0.0893. The van der Waals surface area contributed by atoms with E-state index in [4.69, 9.17) is 17.2 Å². The maximum absolute atomic E-state index is 14.3. The molecule has 2 amide bonds. The minimum Gasteiger partial charge on any atom is -0.345 e. The van der Waals surface area contributed by atoms with Gasteiger partial charge in [-0.2, -0.15) is 0 Å². The maximum Gasteiger partial charge on any atom is 0.243 e. The Kier molecular flexibility index (Phi) is 16.3. The van der Waals surface area contributed by atoms with Crippen molar-refractivity contribution < 1.29 is 24.0 Å². The van der Waals surface area contributed by atoms with E-state index in [1.807, 2.05) is 30.3 Å². The molecule has 48 heavy (non-hydrogen) atoms. The molecule has 0 aromatic heterocycles. The van der Waals surface area contributed by atoms with E-state index in [-0.39, 0.29) is 17.7 Å². The number of hydrogen-bond acceptors (Lipinski definition) is 9. The lowest BCUT2D eigenvalue weighted by molar-refractivity contribution is -0.137. The van der Waals surface area contributed by atoms with E-state index in [1.54, 1.807) is 13.3 Å². The summed E-state index contributed by atoms with van der Waals surface area (Å²) in [6, 6.07) is 5.99. The van der Waals surface area contributed by atoms with Crippen LogP contribution in [-0.2, 0) is 30.4 Å². The third-order valence-electron chi connectivity index (χ3n) is 10.5. The Morgan fingerprint density at radius 1 is 0.896 bits per heavy atom. The number of unbranched alkanes of at least 4 members (excludes halogenated alkanes) is 1. The zero-order valence-electron chi connectivity index (χ0n) is 29.0. The fourth-order valence-corrected chi connectivity index (χ4v) is 7.62. The number of carbonyl (C=O) groups is 4. The Labute approximate surface area is 286 Å². The van der Waals surface area contributed by atoms with Crippen LogP contribution in [0.4, 0.5) is 0 Å². The van der Waals surface area contributed by atoms with Gasteiger partial charge in [0.2, 0.25) is 18.1 Å². The van der Waals surface area contributed by atoms with E-state index >= 15 is 0 Å². The molecule has 1 aromatic rings. The number of rotatable bonds is 20. The van der Waals surface area contributed by atoms with E-state index in [1.165, 1.54) is 6.92 Å². The second-order valence-electron chi connectivity index (χ2n) is 14.1. The lowest BCUT2D eigenvalue weighted by atomic mass is 9.65. The molecule has 1 unspecified atom stereocenters. The molecule has 0 saturated heterocycles. The number of benzene rings is 1. The first-order chi connectivity index (χ1) is 23.0. The molecule has 0 spiro atoms. The van der Waals surface area contributed by atoms with Gasteiger partial charge in [-0.25, -0.2) is 0 Å². The van der Waals surface area contributed by atoms with Crippen molar-refractivity contribution in [1.29, 1.82) is 0 Å². The summed E-state index contributed by atoms with van der Waals surface area (Å²) in [7, 11) is 1.69. The van der Waals surface area contributed by atoms with E-state index in [0.29, 0.717) is 51.5 Å². The predicted octanol–water partition coefficient (Wildman–Crippen LogP) is 2.38. The van der Waals surface area contributed by atoms with Crippen molar-refractivity contribution in [2.75, 3.05) is 13.6 Å². The first kappa shape index (κ1) is 39.4. The first-order valence-corrected chi connectivity index (χ1v) is 18.1. The van der Waals surface area contributed by atoms with Crippen LogP contribution in [0.5, 0.6) is 0 Å². The largest absolute Gasteiger partial charge is 0.345 e. The fourth-order valence-electron chi connectivity index (χ4n) is 7.62. The zero-order chi connectivity index (χ0) is 35.1. The summed E-state index contributed by atoms with van der Waals surface area (Å²) in [6.45, 7) is 1.98. The highest BCUT2D eigenvalue weighted by Gasteiger charge is 2.53. The molecule has 1 aromatic carbocycles. The van der Waals surface area contributed by atoms with Crippen molar-refractivity contribution in [3.8, 4) is 0 Å². The fraction of sp³-hybridized carbons (Fsp3) is 0.703. The highest BCUT2D eigenvalue weighted by molar-refractivity contribution is 6.11. The van der Waals surface area contributed by atoms with Crippen LogP contribution < -0.4 is 33.2 Å². The normalized spacial score (nSPS) is 20.4. The lowest BCUT2D eigenvalue weighted by Gasteiger charge is -2.40. The molecule has 2 fully saturated rings. The zero-order valence-corrected chi connectivity index (χ0v) is 29.0. The monoisotopic (exact) mass is 667 g/mol. The number of ketones is 2. The Bertz CT molecular complexity index is 1190. The molecule has 3 rings (SSSR count). The van der Waals surface area contributed by atoms with Crippen LogP contribution in [0.3, 0.4) is 0 Å². The summed E-state index contributed by atoms with van der Waals surface area (Å²) >= 11 is 0. The van der Waals surface area contributed by atoms with Crippen molar-refractivity contribution in [3.05, 3.63) is 35.9 Å². The maximum atomic E-state index is 14.3. The molecule has 9 N–H and O–H groups in total. The van der Waals surface area contributed by atoms with Gasteiger partial charge in [-0.15, -0.1) is 0 Å². The van der Waals surface area contributed by atoms with Crippen LogP contribution in [-0.4, -0.2) is 73.0 Å². The van der Waals surface area contributed by atoms with Crippen LogP contribution >= 0.6 is 0 Å². The van der Waals surface area contributed by atoms with Gasteiger partial charge in [-0.3, -0.25) is 24.0 Å². The van der Waals surface area contributed by atoms with Crippen LogP contribution in [0, 0.1) is 17.8 Å². The molecule has 267 valence electrons. The van der Waals surface area contributed by atoms with Gasteiger partial charge in [0.25, 0.3) is 0 Å². The van der Waals surface area contributed by atoms with Gasteiger partial charge >= 0.3 is 0 Å². The number of carbonyl (C=O) groups excluding carboxylic acids is 5. The van der Waals surface area contributed by atoms with E-state index in [9.17, 15) is 24.0 Å². The number of hydrogen-bond donors (Lipinski definition) is 6. The molecule has 0 heterocycles. The molecular weight excluding hydrogens is 608 g/mol. The molecule has 0 bridgehead atoms. The summed E-state index contributed by atoms with van der Waals surface area (Å²) in [5.41, 5.74) is 17.5. The Morgan fingerprint density at radius 3 is 2.08 bits per heavy atom. The molecule has 11 nitrogen and oxygen atoms in total. The smallest absolute Gasteiger partial charge is 0.243 e. The van der Waals surface area contributed by atoms with Gasteiger partial charge in [0.05, 0.1) is 24.0 Å². The minimum absolute atomic E-state index is 0.275. The topological polar surface area (TPSA) is 200 Å². The second kappa shape index (κ2) is 19.9. The molecular formula is C37H59N6O5. The lowest BCUT2D eigenvalue weighted by Crippen LogP contribution is -2.66. The Hall–Kier alpha value is -2.99. The average Bonchev–Trinajstić information content (AvgIpc) is 3.10. The number of Topliss-reactive ketones (excluding diaryl/α,β-unsaturated/α-hetero) is 2. The van der Waals surface area contributed by atoms with Gasteiger partial charge in [0.15, 0.2) is 17.1 Å². The predicted molar refractivity (Wildman–Crippen MR) is 187 cm³/mol. The summed E-state index contributed by atoms with van der Waals surface area (Å²) in [5.74, 6) is -3.26. The highest BCUT2D eigenvalue weighted by Crippen LogP contribution is 2.37. The van der Waals surface area contributed by atoms with Crippen LogP contribution in [0.25, 0.3) is 0 Å². The number of amides is 2. The molecule has 6 atom stereocenters. The summed E-state index contributed by atoms with van der Waals surface area (Å²) in [5, 5.41) is 8.69. The van der Waals surface area contributed by atoms with Gasteiger partial charge in [0, 0.05) is 0 Å². The Morgan fingerprint density at radius 2 is 1.50 bits per heavy atom. The van der Waals surface area contributed by atoms with Crippen LogP contribution in [0.1, 0.15) is 102 Å². The van der Waals surface area contributed by atoms with E-state index in [0.717, 1.165) is 56.9 Å². The molecule has 2 aliphatic carbocycles. The Balaban J connectivity index is 1.79. The SMILES string of the molecule is CN[C@@H](Cc1ccccc1)C(=O)N[C@@H](CCCCN)C(=O)N[C@@H](C)C(=O)C(C1CCCCC1)[C@](N)([C]=O)C(=O)[C@H](N)CC1CCCCC1. The van der Waals surface area contributed by atoms with Gasteiger partial charge < -0.3 is 33.2 Å². The highest BCUT2D eigenvalue weighted by atomic mass is 16.2. The van der Waals surface area contributed by atoms with Crippen molar-refractivity contribution in [2.45, 2.75) is 133 Å². The molecule has 2 aliphatic rings. The van der Waals surface area contributed by atoms with E-state index in [2.05, 4.69) is 16.0 Å². The molecule has 1 radical (unpaired) electrons. The third-order valence-corrected chi connectivity index (χ3v) is 10.5. The van der Waals surface area contributed by atoms with Crippen molar-refractivity contribution in [2.24, 2.45) is 35.0 Å². The van der Waals surface area contributed by atoms with Crippen molar-refractivity contribution in [1.82, 2.24) is 16.0 Å². The average molecular weight is 668 g/mol. The molecule has 2 saturated carbocycles. The van der Waals surface area contributed by atoms with Crippen LogP contribution in [0.15, 0.2) is 30.3 Å². The second-order valence-corrected chi connectivity index (χ2v) is 14.1. The van der Waals surface area contributed by atoms with Crippen molar-refractivity contribution in [3.63, 3.8) is 0 Å². The number of nitrogens with one attached hydrogen (secondary N) is 3. The van der Waals surface area contributed by atoms with E-state index < -0.39 is 53.1 Å². The number of nitrogens with two attached hydrogens (primary N) is 3. The molecule has 11 heteroatoms. The third kappa shape index (κ3) is 11.0. The van der Waals surface area contributed by atoms with Gasteiger partial charge in [-0.1, -0.05) is 81.7 Å².